The highest BCUT2D eigenvalue weighted by atomic mass is 32.2. The summed E-state index contributed by atoms with van der Waals surface area (Å²) in [6.45, 7) is 1.82. The molecule has 1 N–H and O–H groups in total. The molecule has 0 fully saturated rings. The van der Waals surface area contributed by atoms with E-state index in [0.717, 1.165) is 15.5 Å². The second-order valence-corrected chi connectivity index (χ2v) is 9.89. The van der Waals surface area contributed by atoms with Crippen molar-refractivity contribution < 1.29 is 4.79 Å². The minimum Gasteiger partial charge on any atom is -0.324 e. The van der Waals surface area contributed by atoms with E-state index >= 15 is 0 Å². The van der Waals surface area contributed by atoms with Gasteiger partial charge in [-0.1, -0.05) is 53.9 Å². The third kappa shape index (κ3) is 4.45. The normalized spacial score (nSPS) is 12.1. The Balaban J connectivity index is 1.51. The molecule has 2 heterocycles. The van der Waals surface area contributed by atoms with Crippen LogP contribution < -0.4 is 10.9 Å². The molecule has 4 rings (SSSR count). The van der Waals surface area contributed by atoms with Crippen LogP contribution in [-0.2, 0) is 11.8 Å². The number of nitrogens with zero attached hydrogens (tertiary/aromatic N) is 2. The van der Waals surface area contributed by atoms with Gasteiger partial charge in [0.15, 0.2) is 5.16 Å². The molecule has 8 heteroatoms. The molecular weight excluding hydrogens is 434 g/mol. The maximum atomic E-state index is 12.9. The molecule has 2 aromatic heterocycles. The highest BCUT2D eigenvalue weighted by Crippen LogP contribution is 2.33. The van der Waals surface area contributed by atoms with Gasteiger partial charge in [-0.3, -0.25) is 14.2 Å². The highest BCUT2D eigenvalue weighted by molar-refractivity contribution is 8.00. The minimum atomic E-state index is -0.422. The number of carbonyl (C=O) groups is 1. The van der Waals surface area contributed by atoms with Crippen molar-refractivity contribution in [1.29, 1.82) is 0 Å². The van der Waals surface area contributed by atoms with E-state index in [-0.39, 0.29) is 11.5 Å². The number of thioether (sulfide) groups is 1. The molecule has 0 aliphatic rings. The van der Waals surface area contributed by atoms with E-state index in [1.54, 1.807) is 18.8 Å². The third-order valence-corrected chi connectivity index (χ3v) is 7.53. The van der Waals surface area contributed by atoms with Crippen LogP contribution >= 0.6 is 34.9 Å². The topological polar surface area (TPSA) is 64.0 Å². The third-order valence-electron chi connectivity index (χ3n) is 4.41. The summed E-state index contributed by atoms with van der Waals surface area (Å²) in [7, 11) is 1.69. The number of carbonyl (C=O) groups excluding carboxylic acids is 1. The first-order chi connectivity index (χ1) is 14.5. The molecule has 1 atom stereocenters. The quantitative estimate of drug-likeness (QED) is 0.318. The van der Waals surface area contributed by atoms with Crippen LogP contribution in [0.3, 0.4) is 0 Å². The van der Waals surface area contributed by atoms with Crippen molar-refractivity contribution in [3.8, 4) is 0 Å². The fourth-order valence-corrected chi connectivity index (χ4v) is 5.40. The Bertz CT molecular complexity index is 1250. The van der Waals surface area contributed by atoms with E-state index in [4.69, 9.17) is 0 Å². The number of para-hydroxylation sites is 1. The van der Waals surface area contributed by atoms with Gasteiger partial charge in [0.05, 0.1) is 16.5 Å². The van der Waals surface area contributed by atoms with Crippen molar-refractivity contribution >= 4 is 56.7 Å². The highest BCUT2D eigenvalue weighted by Gasteiger charge is 2.19. The van der Waals surface area contributed by atoms with Crippen molar-refractivity contribution in [3.63, 3.8) is 0 Å². The first-order valence-electron chi connectivity index (χ1n) is 9.26. The number of benzene rings is 2. The summed E-state index contributed by atoms with van der Waals surface area (Å²) < 4.78 is 2.14. The van der Waals surface area contributed by atoms with E-state index in [0.29, 0.717) is 15.4 Å². The standard InChI is InChI=1S/C22H19N3O2S3/c1-14(29-22-24-17-12-13-28-19(17)21(27)25(22)2)20(26)23-16-10-6-7-11-18(16)30-15-8-4-3-5-9-15/h3-14H,1-2H3,(H,23,26). The molecule has 2 aromatic carbocycles. The number of hydrogen-bond acceptors (Lipinski definition) is 6. The molecule has 0 spiro atoms. The first kappa shape index (κ1) is 20.7. The van der Waals surface area contributed by atoms with Gasteiger partial charge in [-0.25, -0.2) is 4.98 Å². The van der Waals surface area contributed by atoms with Crippen LogP contribution in [0.15, 0.2) is 85.8 Å². The van der Waals surface area contributed by atoms with Crippen LogP contribution in [0.25, 0.3) is 10.2 Å². The Kier molecular flexibility index (Phi) is 6.26. The van der Waals surface area contributed by atoms with E-state index in [1.165, 1.54) is 27.7 Å². The number of thiophene rings is 1. The van der Waals surface area contributed by atoms with Crippen molar-refractivity contribution in [2.24, 2.45) is 7.05 Å². The predicted molar refractivity (Wildman–Crippen MR) is 126 cm³/mol. The van der Waals surface area contributed by atoms with Crippen LogP contribution in [0.4, 0.5) is 5.69 Å². The number of nitrogens with one attached hydrogen (secondary N) is 1. The monoisotopic (exact) mass is 453 g/mol. The zero-order chi connectivity index (χ0) is 21.1. The molecule has 0 radical (unpaired) electrons. The molecular formula is C22H19N3O2S3. The number of rotatable bonds is 6. The van der Waals surface area contributed by atoms with Crippen molar-refractivity contribution in [2.45, 2.75) is 27.1 Å². The molecule has 0 bridgehead atoms. The fourth-order valence-electron chi connectivity index (χ4n) is 2.79. The molecule has 0 saturated carbocycles. The molecule has 5 nitrogen and oxygen atoms in total. The molecule has 0 aliphatic carbocycles. The summed E-state index contributed by atoms with van der Waals surface area (Å²) in [5.74, 6) is -0.138. The lowest BCUT2D eigenvalue weighted by Gasteiger charge is -2.15. The van der Waals surface area contributed by atoms with Gasteiger partial charge in [-0.15, -0.1) is 11.3 Å². The van der Waals surface area contributed by atoms with Crippen molar-refractivity contribution in [2.75, 3.05) is 5.32 Å². The Labute approximate surface area is 186 Å². The number of anilines is 1. The van der Waals surface area contributed by atoms with Gasteiger partial charge in [0.25, 0.3) is 5.56 Å². The lowest BCUT2D eigenvalue weighted by Crippen LogP contribution is -2.25. The van der Waals surface area contributed by atoms with Gasteiger partial charge in [0, 0.05) is 16.8 Å². The predicted octanol–water partition coefficient (Wildman–Crippen LogP) is 5.27. The number of amides is 1. The Morgan fingerprint density at radius 3 is 2.63 bits per heavy atom. The largest absolute Gasteiger partial charge is 0.324 e. The summed E-state index contributed by atoms with van der Waals surface area (Å²) in [5.41, 5.74) is 1.34. The second-order valence-electron chi connectivity index (χ2n) is 6.55. The summed E-state index contributed by atoms with van der Waals surface area (Å²) in [4.78, 5) is 32.0. The van der Waals surface area contributed by atoms with Gasteiger partial charge in [-0.2, -0.15) is 0 Å². The average Bonchev–Trinajstić information content (AvgIpc) is 3.22. The molecule has 0 saturated heterocycles. The van der Waals surface area contributed by atoms with Crippen molar-refractivity contribution in [1.82, 2.24) is 9.55 Å². The number of aromatic nitrogens is 2. The van der Waals surface area contributed by atoms with E-state index in [1.807, 2.05) is 73.0 Å². The lowest BCUT2D eigenvalue weighted by molar-refractivity contribution is -0.115. The SMILES string of the molecule is CC(Sc1nc2ccsc2c(=O)n1C)C(=O)Nc1ccccc1Sc1ccccc1. The minimum absolute atomic E-state index is 0.0882. The molecule has 4 aromatic rings. The second kappa shape index (κ2) is 9.07. The molecule has 152 valence electrons. The summed E-state index contributed by atoms with van der Waals surface area (Å²) in [6.07, 6.45) is 0. The van der Waals surface area contributed by atoms with E-state index in [9.17, 15) is 9.59 Å². The van der Waals surface area contributed by atoms with Crippen LogP contribution in [0.1, 0.15) is 6.92 Å². The maximum Gasteiger partial charge on any atom is 0.271 e. The van der Waals surface area contributed by atoms with Crippen LogP contribution in [0, 0.1) is 0 Å². The van der Waals surface area contributed by atoms with Gasteiger partial charge >= 0.3 is 0 Å². The van der Waals surface area contributed by atoms with Crippen molar-refractivity contribution in [3.05, 3.63) is 76.4 Å². The first-order valence-corrected chi connectivity index (χ1v) is 11.8. The number of fused-ring (bicyclic) bond motifs is 1. The fraction of sp³-hybridized carbons (Fsp3) is 0.136. The van der Waals surface area contributed by atoms with E-state index < -0.39 is 5.25 Å². The van der Waals surface area contributed by atoms with Gasteiger partial charge < -0.3 is 5.32 Å². The Hall–Kier alpha value is -2.55. The summed E-state index contributed by atoms with van der Waals surface area (Å²) in [5, 5.41) is 4.98. The van der Waals surface area contributed by atoms with Gasteiger partial charge in [0.2, 0.25) is 5.91 Å². The lowest BCUT2D eigenvalue weighted by atomic mass is 10.3. The van der Waals surface area contributed by atoms with Crippen LogP contribution in [-0.4, -0.2) is 20.7 Å². The molecule has 30 heavy (non-hydrogen) atoms. The molecule has 1 unspecified atom stereocenters. The Morgan fingerprint density at radius 1 is 1.10 bits per heavy atom. The number of hydrogen-bond donors (Lipinski definition) is 1. The molecule has 1 amide bonds. The maximum absolute atomic E-state index is 12.9. The molecule has 0 aliphatic heterocycles. The summed E-state index contributed by atoms with van der Waals surface area (Å²) >= 11 is 4.26. The van der Waals surface area contributed by atoms with Crippen LogP contribution in [0.2, 0.25) is 0 Å². The smallest absolute Gasteiger partial charge is 0.271 e. The summed E-state index contributed by atoms with van der Waals surface area (Å²) in [6, 6.07) is 19.6. The Morgan fingerprint density at radius 2 is 1.83 bits per heavy atom. The van der Waals surface area contributed by atoms with Gasteiger partial charge in [-0.05, 0) is 42.6 Å². The zero-order valence-corrected chi connectivity index (χ0v) is 18.8. The zero-order valence-electron chi connectivity index (χ0n) is 16.4. The van der Waals surface area contributed by atoms with Crippen LogP contribution in [0.5, 0.6) is 0 Å². The van der Waals surface area contributed by atoms with E-state index in [2.05, 4.69) is 10.3 Å². The van der Waals surface area contributed by atoms with Gasteiger partial charge in [0.1, 0.15) is 4.70 Å². The average molecular weight is 454 g/mol.